The van der Waals surface area contributed by atoms with Gasteiger partial charge in [-0.3, -0.25) is 9.48 Å². The van der Waals surface area contributed by atoms with Crippen molar-refractivity contribution in [3.8, 4) is 0 Å². The lowest BCUT2D eigenvalue weighted by molar-refractivity contribution is -0.131. The summed E-state index contributed by atoms with van der Waals surface area (Å²) in [6, 6.07) is 0. The van der Waals surface area contributed by atoms with Gasteiger partial charge in [0.25, 0.3) is 0 Å². The van der Waals surface area contributed by atoms with E-state index in [0.717, 1.165) is 10.6 Å². The molecular weight excluding hydrogens is 250 g/mol. The maximum absolute atomic E-state index is 12.0. The highest BCUT2D eigenvalue weighted by atomic mass is 32.1. The molecule has 0 aliphatic rings. The predicted molar refractivity (Wildman–Crippen MR) is 70.0 cm³/mol. The van der Waals surface area contributed by atoms with Gasteiger partial charge in [0.2, 0.25) is 5.91 Å². The summed E-state index contributed by atoms with van der Waals surface area (Å²) in [6.45, 7) is 2.72. The van der Waals surface area contributed by atoms with Gasteiger partial charge in [0, 0.05) is 18.1 Å². The van der Waals surface area contributed by atoms with E-state index in [1.165, 1.54) is 10.9 Å². The second kappa shape index (κ2) is 5.18. The van der Waals surface area contributed by atoms with E-state index in [2.05, 4.69) is 10.1 Å². The molecule has 18 heavy (non-hydrogen) atoms. The lowest BCUT2D eigenvalue weighted by Gasteiger charge is -2.16. The molecule has 0 bridgehead atoms. The van der Waals surface area contributed by atoms with E-state index in [4.69, 9.17) is 5.73 Å². The van der Waals surface area contributed by atoms with E-state index in [-0.39, 0.29) is 12.5 Å². The molecule has 0 aliphatic carbocycles. The zero-order valence-corrected chi connectivity index (χ0v) is 11.1. The number of hydrogen-bond donors (Lipinski definition) is 1. The molecule has 0 fully saturated rings. The minimum atomic E-state index is -0.00843. The van der Waals surface area contributed by atoms with E-state index in [1.807, 2.05) is 6.92 Å². The molecule has 2 heterocycles. The minimum Gasteiger partial charge on any atom is -0.396 e. The van der Waals surface area contributed by atoms with Crippen LogP contribution < -0.4 is 5.73 Å². The number of carbonyl (C=O) groups is 1. The predicted octanol–water partition coefficient (Wildman–Crippen LogP) is 0.889. The van der Waals surface area contributed by atoms with Crippen molar-refractivity contribution in [3.05, 3.63) is 28.5 Å². The molecule has 1 amide bonds. The molecule has 0 saturated heterocycles. The first-order chi connectivity index (χ1) is 8.56. The van der Waals surface area contributed by atoms with Gasteiger partial charge in [0.05, 0.1) is 29.6 Å². The Bertz CT molecular complexity index is 547. The first-order valence-electron chi connectivity index (χ1n) is 5.47. The van der Waals surface area contributed by atoms with Gasteiger partial charge >= 0.3 is 0 Å². The highest BCUT2D eigenvalue weighted by Crippen LogP contribution is 2.14. The van der Waals surface area contributed by atoms with Crippen molar-refractivity contribution < 1.29 is 4.79 Å². The third kappa shape index (κ3) is 2.86. The Kier molecular flexibility index (Phi) is 3.61. The number of anilines is 1. The lowest BCUT2D eigenvalue weighted by atomic mass is 10.3. The third-order valence-electron chi connectivity index (χ3n) is 2.60. The Balaban J connectivity index is 1.95. The number of rotatable bonds is 4. The summed E-state index contributed by atoms with van der Waals surface area (Å²) >= 11 is 1.56. The number of aryl methyl sites for hydroxylation is 1. The van der Waals surface area contributed by atoms with Crippen LogP contribution in [0.1, 0.15) is 10.6 Å². The smallest absolute Gasteiger partial charge is 0.244 e. The quantitative estimate of drug-likeness (QED) is 0.890. The Morgan fingerprint density at radius 1 is 1.61 bits per heavy atom. The fourth-order valence-electron chi connectivity index (χ4n) is 1.51. The zero-order valence-electron chi connectivity index (χ0n) is 10.3. The average molecular weight is 265 g/mol. The van der Waals surface area contributed by atoms with Crippen LogP contribution in [0.3, 0.4) is 0 Å². The highest BCUT2D eigenvalue weighted by molar-refractivity contribution is 7.09. The van der Waals surface area contributed by atoms with Gasteiger partial charge in [-0.1, -0.05) is 0 Å². The number of nitrogens with two attached hydrogens (primary N) is 1. The number of nitrogen functional groups attached to an aromatic ring is 1. The van der Waals surface area contributed by atoms with Crippen LogP contribution in [-0.4, -0.2) is 32.6 Å². The fourth-order valence-corrected chi connectivity index (χ4v) is 2.34. The van der Waals surface area contributed by atoms with E-state index in [0.29, 0.717) is 12.2 Å². The Labute approximate surface area is 109 Å². The fraction of sp³-hybridized carbons (Fsp3) is 0.364. The first-order valence-corrected chi connectivity index (χ1v) is 6.35. The molecule has 2 N–H and O–H groups in total. The Morgan fingerprint density at radius 2 is 2.39 bits per heavy atom. The van der Waals surface area contributed by atoms with Crippen molar-refractivity contribution in [2.45, 2.75) is 20.0 Å². The third-order valence-corrected chi connectivity index (χ3v) is 3.52. The van der Waals surface area contributed by atoms with Crippen LogP contribution in [0, 0.1) is 6.92 Å². The molecule has 2 aromatic rings. The molecule has 0 aliphatic heterocycles. The van der Waals surface area contributed by atoms with Crippen molar-refractivity contribution in [3.63, 3.8) is 0 Å². The van der Waals surface area contributed by atoms with Crippen molar-refractivity contribution in [1.82, 2.24) is 19.7 Å². The van der Waals surface area contributed by atoms with Crippen LogP contribution >= 0.6 is 11.3 Å². The SMILES string of the molecule is Cc1ncsc1CN(C)C(=O)Cn1cc(N)cn1. The standard InChI is InChI=1S/C11H15N5OS/c1-8-10(18-7-13-8)5-15(2)11(17)6-16-4-9(12)3-14-16/h3-4,7H,5-6,12H2,1-2H3. The monoisotopic (exact) mass is 265 g/mol. The molecule has 7 heteroatoms. The zero-order chi connectivity index (χ0) is 13.1. The summed E-state index contributed by atoms with van der Waals surface area (Å²) in [5.74, 6) is -0.00843. The van der Waals surface area contributed by atoms with E-state index in [9.17, 15) is 4.79 Å². The normalized spacial score (nSPS) is 10.6. The Morgan fingerprint density at radius 3 is 2.94 bits per heavy atom. The van der Waals surface area contributed by atoms with E-state index >= 15 is 0 Å². The van der Waals surface area contributed by atoms with Gasteiger partial charge in [0.15, 0.2) is 0 Å². The highest BCUT2D eigenvalue weighted by Gasteiger charge is 2.12. The average Bonchev–Trinajstić information content (AvgIpc) is 2.89. The van der Waals surface area contributed by atoms with Gasteiger partial charge < -0.3 is 10.6 Å². The molecule has 0 unspecified atom stereocenters. The van der Waals surface area contributed by atoms with Gasteiger partial charge in [-0.2, -0.15) is 5.10 Å². The van der Waals surface area contributed by atoms with Crippen LogP contribution in [0.25, 0.3) is 0 Å². The summed E-state index contributed by atoms with van der Waals surface area (Å²) < 4.78 is 1.54. The molecule has 0 radical (unpaired) electrons. The second-order valence-electron chi connectivity index (χ2n) is 4.08. The van der Waals surface area contributed by atoms with E-state index in [1.54, 1.807) is 35.0 Å². The molecule has 2 rings (SSSR count). The molecular formula is C11H15N5OS. The summed E-state index contributed by atoms with van der Waals surface area (Å²) in [5, 5.41) is 3.99. The summed E-state index contributed by atoms with van der Waals surface area (Å²) in [5.41, 5.74) is 8.87. The van der Waals surface area contributed by atoms with Crippen LogP contribution in [-0.2, 0) is 17.9 Å². The number of aromatic nitrogens is 3. The first kappa shape index (κ1) is 12.6. The molecule has 0 spiro atoms. The van der Waals surface area contributed by atoms with Crippen molar-refractivity contribution in [1.29, 1.82) is 0 Å². The summed E-state index contributed by atoms with van der Waals surface area (Å²) in [4.78, 5) is 18.9. The van der Waals surface area contributed by atoms with Gasteiger partial charge in [-0.25, -0.2) is 4.98 Å². The van der Waals surface area contributed by atoms with Gasteiger partial charge in [-0.05, 0) is 6.92 Å². The summed E-state index contributed by atoms with van der Waals surface area (Å²) in [6.07, 6.45) is 3.17. The molecule has 6 nitrogen and oxygen atoms in total. The maximum Gasteiger partial charge on any atom is 0.244 e. The Hall–Kier alpha value is -1.89. The van der Waals surface area contributed by atoms with Crippen molar-refractivity contribution in [2.24, 2.45) is 0 Å². The van der Waals surface area contributed by atoms with Crippen molar-refractivity contribution >= 4 is 22.9 Å². The molecule has 0 saturated carbocycles. The van der Waals surface area contributed by atoms with Crippen LogP contribution in [0.5, 0.6) is 0 Å². The van der Waals surface area contributed by atoms with Crippen LogP contribution in [0.15, 0.2) is 17.9 Å². The van der Waals surface area contributed by atoms with Gasteiger partial charge in [0.1, 0.15) is 6.54 Å². The number of hydrogen-bond acceptors (Lipinski definition) is 5. The van der Waals surface area contributed by atoms with Crippen LogP contribution in [0.2, 0.25) is 0 Å². The minimum absolute atomic E-state index is 0.00843. The maximum atomic E-state index is 12.0. The lowest BCUT2D eigenvalue weighted by Crippen LogP contribution is -2.29. The molecule has 2 aromatic heterocycles. The number of amides is 1. The molecule has 0 aromatic carbocycles. The molecule has 96 valence electrons. The number of carbonyl (C=O) groups excluding carboxylic acids is 1. The van der Waals surface area contributed by atoms with Crippen molar-refractivity contribution in [2.75, 3.05) is 12.8 Å². The summed E-state index contributed by atoms with van der Waals surface area (Å²) in [7, 11) is 1.77. The second-order valence-corrected chi connectivity index (χ2v) is 5.02. The van der Waals surface area contributed by atoms with E-state index < -0.39 is 0 Å². The number of thiazole rings is 1. The number of nitrogens with zero attached hydrogens (tertiary/aromatic N) is 4. The number of likely N-dealkylation sites (N-methyl/N-ethyl adjacent to an activating group) is 1. The van der Waals surface area contributed by atoms with Gasteiger partial charge in [-0.15, -0.1) is 11.3 Å². The van der Waals surface area contributed by atoms with Crippen LogP contribution in [0.4, 0.5) is 5.69 Å². The molecule has 0 atom stereocenters. The topological polar surface area (TPSA) is 77.0 Å². The largest absolute Gasteiger partial charge is 0.396 e.